The molecule has 4 aromatic rings. The molecule has 2 unspecified atom stereocenters. The number of nitrogens with zero attached hydrogens (tertiary/aromatic N) is 3. The molecule has 5 rings (SSSR count). The monoisotopic (exact) mass is 502 g/mol. The molecule has 0 spiro atoms. The largest absolute Gasteiger partial charge is 0.323 e. The van der Waals surface area contributed by atoms with Crippen LogP contribution >= 0.6 is 11.8 Å². The molecule has 184 valence electrons. The first-order valence-electron chi connectivity index (χ1n) is 12.0. The number of nitrogens with one attached hydrogen (secondary N) is 1. The Morgan fingerprint density at radius 1 is 1.14 bits per heavy atom. The molecule has 6 nitrogen and oxygen atoms in total. The number of fused-ring (bicyclic) bond motifs is 1. The first-order valence-corrected chi connectivity index (χ1v) is 12.9. The van der Waals surface area contributed by atoms with E-state index in [0.717, 1.165) is 33.7 Å². The number of carbonyl (C=O) groups is 1. The van der Waals surface area contributed by atoms with Crippen LogP contribution in [-0.2, 0) is 11.2 Å². The topological polar surface area (TPSA) is 75.9 Å². The van der Waals surface area contributed by atoms with Gasteiger partial charge in [0.25, 0.3) is 5.17 Å². The highest BCUT2D eigenvalue weighted by Gasteiger charge is 2.42. The number of amidine groups is 1. The Hall–Kier alpha value is -3.49. The third-order valence-corrected chi connectivity index (χ3v) is 7.67. The van der Waals surface area contributed by atoms with Crippen molar-refractivity contribution in [3.63, 3.8) is 0 Å². The van der Waals surface area contributed by atoms with E-state index < -0.39 is 5.41 Å². The molecule has 8 heteroatoms. The number of thioether (sulfide) groups is 1. The standard InChI is InChI=1S/C28H28FN5OS/c1-18-32-33-27(36-18)31-26(35)28(2,3)24(15-19-7-5-4-6-8-19)20-9-14-25-21(16-20)17-30-34(25)23-12-10-22(29)11-13-23/h4-14,16-18,24,32H,15H2,1-3H3,(H,31,33,35)/p+1. The number of benzene rings is 3. The Morgan fingerprint density at radius 3 is 2.58 bits per heavy atom. The third-order valence-electron chi connectivity index (χ3n) is 6.76. The van der Waals surface area contributed by atoms with Gasteiger partial charge in [0.2, 0.25) is 0 Å². The zero-order chi connectivity index (χ0) is 25.3. The lowest BCUT2D eigenvalue weighted by Gasteiger charge is -2.31. The number of hydrogen-bond acceptors (Lipinski definition) is 5. The minimum atomic E-state index is -0.675. The Balaban J connectivity index is 1.50. The molecule has 1 amide bonds. The van der Waals surface area contributed by atoms with Crippen LogP contribution < -0.4 is 10.7 Å². The van der Waals surface area contributed by atoms with Gasteiger partial charge in [-0.2, -0.15) is 5.10 Å². The van der Waals surface area contributed by atoms with Crippen molar-refractivity contribution in [1.82, 2.24) is 15.2 Å². The summed E-state index contributed by atoms with van der Waals surface area (Å²) in [6.45, 7) is 6.05. The molecule has 1 aliphatic rings. The highest BCUT2D eigenvalue weighted by atomic mass is 32.2. The zero-order valence-electron chi connectivity index (χ0n) is 20.5. The van der Waals surface area contributed by atoms with Crippen LogP contribution in [0.25, 0.3) is 16.6 Å². The molecule has 0 fully saturated rings. The maximum absolute atomic E-state index is 13.6. The van der Waals surface area contributed by atoms with E-state index in [1.54, 1.807) is 33.9 Å². The summed E-state index contributed by atoms with van der Waals surface area (Å²) in [5, 5.41) is 12.3. The Labute approximate surface area is 214 Å². The SMILES string of the molecule is CC1NN=C([NH2+]C(=O)C(C)(C)C(Cc2ccccc2)c2ccc3c(cnn3-c3ccc(F)cc3)c2)S1. The van der Waals surface area contributed by atoms with Crippen LogP contribution in [0.3, 0.4) is 0 Å². The molecule has 0 saturated carbocycles. The number of amides is 1. The Bertz CT molecular complexity index is 1420. The van der Waals surface area contributed by atoms with Crippen molar-refractivity contribution in [2.75, 3.05) is 0 Å². The van der Waals surface area contributed by atoms with Gasteiger partial charge in [-0.15, -0.1) is 5.10 Å². The Kier molecular flexibility index (Phi) is 6.64. The van der Waals surface area contributed by atoms with Gasteiger partial charge in [-0.05, 0) is 86.5 Å². The zero-order valence-corrected chi connectivity index (χ0v) is 21.3. The fourth-order valence-electron chi connectivity index (χ4n) is 4.62. The van der Waals surface area contributed by atoms with Crippen LogP contribution in [0.15, 0.2) is 84.1 Å². The van der Waals surface area contributed by atoms with E-state index in [-0.39, 0.29) is 23.0 Å². The van der Waals surface area contributed by atoms with Gasteiger partial charge in [-0.1, -0.05) is 36.4 Å². The van der Waals surface area contributed by atoms with Gasteiger partial charge >= 0.3 is 5.91 Å². The fourth-order valence-corrected chi connectivity index (χ4v) is 5.37. The highest BCUT2D eigenvalue weighted by Crippen LogP contribution is 2.39. The van der Waals surface area contributed by atoms with Crippen molar-refractivity contribution in [2.45, 2.75) is 38.5 Å². The van der Waals surface area contributed by atoms with Crippen molar-refractivity contribution >= 4 is 33.7 Å². The number of quaternary nitrogens is 1. The predicted octanol–water partition coefficient (Wildman–Crippen LogP) is 4.56. The Morgan fingerprint density at radius 2 is 1.89 bits per heavy atom. The van der Waals surface area contributed by atoms with E-state index in [0.29, 0.717) is 0 Å². The van der Waals surface area contributed by atoms with Crippen molar-refractivity contribution in [2.24, 2.45) is 10.5 Å². The molecule has 1 aromatic heterocycles. The average Bonchev–Trinajstić information content (AvgIpc) is 3.49. The van der Waals surface area contributed by atoms with Gasteiger partial charge in [0.1, 0.15) is 5.82 Å². The van der Waals surface area contributed by atoms with Gasteiger partial charge in [0, 0.05) is 11.3 Å². The van der Waals surface area contributed by atoms with Crippen LogP contribution in [0.4, 0.5) is 4.39 Å². The first kappa shape index (κ1) is 24.2. The lowest BCUT2D eigenvalue weighted by atomic mass is 9.71. The summed E-state index contributed by atoms with van der Waals surface area (Å²) in [4.78, 5) is 13.6. The van der Waals surface area contributed by atoms with Gasteiger partial charge in [-0.3, -0.25) is 5.43 Å². The molecule has 3 N–H and O–H groups in total. The second-order valence-corrected chi connectivity index (χ2v) is 11.0. The maximum atomic E-state index is 13.6. The number of rotatable bonds is 6. The molecule has 2 atom stereocenters. The second kappa shape index (κ2) is 9.87. The molecule has 0 radical (unpaired) electrons. The fraction of sp³-hybridized carbons (Fsp3) is 0.250. The summed E-state index contributed by atoms with van der Waals surface area (Å²) in [5.74, 6) is -0.301. The van der Waals surface area contributed by atoms with Crippen molar-refractivity contribution in [3.8, 4) is 5.69 Å². The van der Waals surface area contributed by atoms with Crippen molar-refractivity contribution in [1.29, 1.82) is 0 Å². The molecular formula is C28H29FN5OS+. The van der Waals surface area contributed by atoms with E-state index in [4.69, 9.17) is 0 Å². The number of halogens is 1. The van der Waals surface area contributed by atoms with E-state index in [9.17, 15) is 9.18 Å². The molecule has 36 heavy (non-hydrogen) atoms. The molecule has 3 aromatic carbocycles. The van der Waals surface area contributed by atoms with Crippen molar-refractivity contribution in [3.05, 3.63) is 95.9 Å². The van der Waals surface area contributed by atoms with Crippen LogP contribution in [0.5, 0.6) is 0 Å². The number of nitrogens with two attached hydrogens (primary N) is 1. The molecule has 1 aliphatic heterocycles. The van der Waals surface area contributed by atoms with Crippen LogP contribution in [0.2, 0.25) is 0 Å². The van der Waals surface area contributed by atoms with Crippen LogP contribution in [0, 0.1) is 11.2 Å². The summed E-state index contributed by atoms with van der Waals surface area (Å²) in [7, 11) is 0. The minimum absolute atomic E-state index is 0.0488. The molecular weight excluding hydrogens is 473 g/mol. The quantitative estimate of drug-likeness (QED) is 0.405. The first-order chi connectivity index (χ1) is 17.3. The third kappa shape index (κ3) is 4.92. The van der Waals surface area contributed by atoms with E-state index in [1.165, 1.54) is 17.7 Å². The van der Waals surface area contributed by atoms with Gasteiger partial charge in [0.15, 0.2) is 0 Å². The highest BCUT2D eigenvalue weighted by molar-refractivity contribution is 8.14. The number of carbonyl (C=O) groups excluding carboxylic acids is 1. The maximum Gasteiger partial charge on any atom is 0.323 e. The van der Waals surface area contributed by atoms with Crippen molar-refractivity contribution < 1.29 is 14.5 Å². The second-order valence-electron chi connectivity index (χ2n) is 9.66. The minimum Gasteiger partial charge on any atom is -0.291 e. The van der Waals surface area contributed by atoms with Gasteiger partial charge < -0.3 is 0 Å². The smallest absolute Gasteiger partial charge is 0.291 e. The summed E-state index contributed by atoms with van der Waals surface area (Å²) < 4.78 is 15.2. The number of primary amides is 1. The van der Waals surface area contributed by atoms with Crippen LogP contribution in [0.1, 0.15) is 37.8 Å². The summed E-state index contributed by atoms with van der Waals surface area (Å²) in [5.41, 5.74) is 6.30. The molecule has 0 aliphatic carbocycles. The van der Waals surface area contributed by atoms with Gasteiger partial charge in [0.05, 0.1) is 28.2 Å². The average molecular weight is 503 g/mol. The summed E-state index contributed by atoms with van der Waals surface area (Å²) >= 11 is 1.55. The molecule has 2 heterocycles. The number of hydrogen-bond donors (Lipinski definition) is 2. The number of hydrazone groups is 1. The summed E-state index contributed by atoms with van der Waals surface area (Å²) in [6.07, 6.45) is 2.54. The van der Waals surface area contributed by atoms with E-state index >= 15 is 0 Å². The normalized spacial score (nSPS) is 16.6. The van der Waals surface area contributed by atoms with E-state index in [2.05, 4.69) is 39.9 Å². The summed E-state index contributed by atoms with van der Waals surface area (Å²) in [6, 6.07) is 22.8. The van der Waals surface area contributed by atoms with E-state index in [1.807, 2.05) is 51.2 Å². The molecule has 0 bridgehead atoms. The lowest BCUT2D eigenvalue weighted by molar-refractivity contribution is -0.456. The predicted molar refractivity (Wildman–Crippen MR) is 142 cm³/mol. The lowest BCUT2D eigenvalue weighted by Crippen LogP contribution is -2.93. The van der Waals surface area contributed by atoms with Crippen LogP contribution in [-0.4, -0.2) is 26.2 Å². The molecule has 0 saturated heterocycles. The number of aromatic nitrogens is 2. The van der Waals surface area contributed by atoms with Gasteiger partial charge in [-0.25, -0.2) is 19.2 Å².